The van der Waals surface area contributed by atoms with Gasteiger partial charge in [-0.1, -0.05) is 12.8 Å². The molecule has 0 spiro atoms. The second-order valence-corrected chi connectivity index (χ2v) is 4.55. The highest BCUT2D eigenvalue weighted by Gasteiger charge is 2.19. The molecule has 0 bridgehead atoms. The number of nitrogens with zero attached hydrogens (tertiary/aromatic N) is 1. The SMILES string of the molecule is O=C(Nc1ccc(F)c(F)c1F)N1CCCCCC1. The second kappa shape index (κ2) is 5.95. The number of halogens is 3. The first-order valence-electron chi connectivity index (χ1n) is 6.29. The molecular weight excluding hydrogens is 257 g/mol. The van der Waals surface area contributed by atoms with Crippen LogP contribution in [0.2, 0.25) is 0 Å². The molecule has 0 aliphatic carbocycles. The molecule has 104 valence electrons. The van der Waals surface area contributed by atoms with Gasteiger partial charge in [-0.2, -0.15) is 0 Å². The van der Waals surface area contributed by atoms with Gasteiger partial charge in [0.05, 0.1) is 5.69 Å². The maximum Gasteiger partial charge on any atom is 0.321 e. The Morgan fingerprint density at radius 1 is 1.00 bits per heavy atom. The van der Waals surface area contributed by atoms with Gasteiger partial charge in [0, 0.05) is 13.1 Å². The molecule has 2 amide bonds. The van der Waals surface area contributed by atoms with Crippen molar-refractivity contribution in [3.05, 3.63) is 29.6 Å². The Morgan fingerprint density at radius 2 is 1.63 bits per heavy atom. The number of hydrogen-bond acceptors (Lipinski definition) is 1. The lowest BCUT2D eigenvalue weighted by Crippen LogP contribution is -2.35. The van der Waals surface area contributed by atoms with Gasteiger partial charge >= 0.3 is 6.03 Å². The standard InChI is InChI=1S/C13H15F3N2O/c14-9-5-6-10(12(16)11(9)15)17-13(19)18-7-3-1-2-4-8-18/h5-6H,1-4,7-8H2,(H,17,19). The first-order chi connectivity index (χ1) is 9.09. The van der Waals surface area contributed by atoms with Crippen molar-refractivity contribution in [3.63, 3.8) is 0 Å². The van der Waals surface area contributed by atoms with Crippen LogP contribution in [-0.2, 0) is 0 Å². The van der Waals surface area contributed by atoms with E-state index >= 15 is 0 Å². The highest BCUT2D eigenvalue weighted by atomic mass is 19.2. The normalized spacial score (nSPS) is 16.1. The van der Waals surface area contributed by atoms with Crippen LogP contribution in [0.1, 0.15) is 25.7 Å². The zero-order valence-electron chi connectivity index (χ0n) is 10.4. The van der Waals surface area contributed by atoms with E-state index in [-0.39, 0.29) is 5.69 Å². The number of amides is 2. The van der Waals surface area contributed by atoms with Crippen molar-refractivity contribution in [3.8, 4) is 0 Å². The molecule has 1 aliphatic rings. The van der Waals surface area contributed by atoms with Crippen molar-refractivity contribution in [1.29, 1.82) is 0 Å². The highest BCUT2D eigenvalue weighted by molar-refractivity contribution is 5.89. The van der Waals surface area contributed by atoms with Crippen molar-refractivity contribution in [2.75, 3.05) is 18.4 Å². The molecule has 1 saturated heterocycles. The molecule has 1 aromatic rings. The summed E-state index contributed by atoms with van der Waals surface area (Å²) in [5.41, 5.74) is -0.340. The van der Waals surface area contributed by atoms with Gasteiger partial charge in [-0.3, -0.25) is 0 Å². The lowest BCUT2D eigenvalue weighted by molar-refractivity contribution is 0.213. The molecule has 2 rings (SSSR count). The number of anilines is 1. The number of likely N-dealkylation sites (tertiary alicyclic amines) is 1. The van der Waals surface area contributed by atoms with Crippen molar-refractivity contribution in [1.82, 2.24) is 4.90 Å². The third kappa shape index (κ3) is 3.19. The summed E-state index contributed by atoms with van der Waals surface area (Å²) in [7, 11) is 0. The van der Waals surface area contributed by atoms with Crippen LogP contribution in [0.5, 0.6) is 0 Å². The van der Waals surface area contributed by atoms with Gasteiger partial charge in [-0.15, -0.1) is 0 Å². The predicted octanol–water partition coefficient (Wildman–Crippen LogP) is 3.51. The summed E-state index contributed by atoms with van der Waals surface area (Å²) in [6.45, 7) is 1.19. The largest absolute Gasteiger partial charge is 0.325 e. The van der Waals surface area contributed by atoms with E-state index in [9.17, 15) is 18.0 Å². The Labute approximate surface area is 109 Å². The van der Waals surface area contributed by atoms with E-state index < -0.39 is 23.5 Å². The smallest absolute Gasteiger partial charge is 0.321 e. The fourth-order valence-electron chi connectivity index (χ4n) is 2.09. The zero-order chi connectivity index (χ0) is 13.8. The van der Waals surface area contributed by atoms with Crippen LogP contribution in [0.15, 0.2) is 12.1 Å². The lowest BCUT2D eigenvalue weighted by Gasteiger charge is -2.21. The van der Waals surface area contributed by atoms with Crippen LogP contribution in [0.25, 0.3) is 0 Å². The number of nitrogens with one attached hydrogen (secondary N) is 1. The second-order valence-electron chi connectivity index (χ2n) is 4.55. The fraction of sp³-hybridized carbons (Fsp3) is 0.462. The molecule has 0 unspecified atom stereocenters. The molecule has 3 nitrogen and oxygen atoms in total. The topological polar surface area (TPSA) is 32.3 Å². The lowest BCUT2D eigenvalue weighted by atomic mass is 10.2. The van der Waals surface area contributed by atoms with Gasteiger partial charge in [0.1, 0.15) is 0 Å². The summed E-state index contributed by atoms with van der Waals surface area (Å²) in [5.74, 6) is -4.22. The first-order valence-corrected chi connectivity index (χ1v) is 6.29. The summed E-state index contributed by atoms with van der Waals surface area (Å²) in [5, 5.41) is 2.28. The Kier molecular flexibility index (Phi) is 4.29. The van der Waals surface area contributed by atoms with Crippen molar-refractivity contribution in [2.24, 2.45) is 0 Å². The minimum absolute atomic E-state index is 0.340. The minimum atomic E-state index is -1.58. The monoisotopic (exact) mass is 272 g/mol. The maximum atomic E-state index is 13.4. The third-order valence-electron chi connectivity index (χ3n) is 3.17. The number of urea groups is 1. The van der Waals surface area contributed by atoms with Gasteiger partial charge in [0.2, 0.25) is 0 Å². The van der Waals surface area contributed by atoms with E-state index in [1.54, 1.807) is 4.90 Å². The molecular formula is C13H15F3N2O. The van der Waals surface area contributed by atoms with Crippen molar-refractivity contribution in [2.45, 2.75) is 25.7 Å². The van der Waals surface area contributed by atoms with E-state index in [0.29, 0.717) is 13.1 Å². The molecule has 1 aliphatic heterocycles. The molecule has 1 heterocycles. The average molecular weight is 272 g/mol. The quantitative estimate of drug-likeness (QED) is 0.779. The molecule has 1 N–H and O–H groups in total. The zero-order valence-corrected chi connectivity index (χ0v) is 10.4. The number of carbonyl (C=O) groups is 1. The van der Waals surface area contributed by atoms with Crippen LogP contribution in [0, 0.1) is 17.5 Å². The Morgan fingerprint density at radius 3 is 2.26 bits per heavy atom. The van der Waals surface area contributed by atoms with Crippen LogP contribution >= 0.6 is 0 Å². The summed E-state index contributed by atoms with van der Waals surface area (Å²) < 4.78 is 39.2. The van der Waals surface area contributed by atoms with Gasteiger partial charge in [0.15, 0.2) is 17.5 Å². The summed E-state index contributed by atoms with van der Waals surface area (Å²) in [6.07, 6.45) is 3.91. The molecule has 0 atom stereocenters. The number of carbonyl (C=O) groups excluding carboxylic acids is 1. The summed E-state index contributed by atoms with van der Waals surface area (Å²) >= 11 is 0. The average Bonchev–Trinajstić information content (AvgIpc) is 2.68. The molecule has 0 saturated carbocycles. The van der Waals surface area contributed by atoms with E-state index in [1.165, 1.54) is 0 Å². The molecule has 19 heavy (non-hydrogen) atoms. The molecule has 0 aromatic heterocycles. The molecule has 0 radical (unpaired) electrons. The predicted molar refractivity (Wildman–Crippen MR) is 65.4 cm³/mol. The van der Waals surface area contributed by atoms with Gasteiger partial charge in [-0.25, -0.2) is 18.0 Å². The minimum Gasteiger partial charge on any atom is -0.325 e. The third-order valence-corrected chi connectivity index (χ3v) is 3.17. The molecule has 1 aromatic carbocycles. The molecule has 6 heteroatoms. The van der Waals surface area contributed by atoms with Crippen LogP contribution < -0.4 is 5.32 Å². The van der Waals surface area contributed by atoms with Crippen LogP contribution in [0.3, 0.4) is 0 Å². The summed E-state index contributed by atoms with van der Waals surface area (Å²) in [4.78, 5) is 13.5. The Bertz CT molecular complexity index is 471. The maximum absolute atomic E-state index is 13.4. The van der Waals surface area contributed by atoms with Crippen molar-refractivity contribution < 1.29 is 18.0 Å². The van der Waals surface area contributed by atoms with E-state index in [1.807, 2.05) is 0 Å². The number of hydrogen-bond donors (Lipinski definition) is 1. The van der Waals surface area contributed by atoms with Gasteiger partial charge < -0.3 is 10.2 Å². The fourth-order valence-corrected chi connectivity index (χ4v) is 2.09. The van der Waals surface area contributed by atoms with Crippen LogP contribution in [0.4, 0.5) is 23.7 Å². The van der Waals surface area contributed by atoms with Gasteiger partial charge in [-0.05, 0) is 25.0 Å². The number of rotatable bonds is 1. The molecule has 1 fully saturated rings. The first kappa shape index (κ1) is 13.7. The van der Waals surface area contributed by atoms with Crippen molar-refractivity contribution >= 4 is 11.7 Å². The summed E-state index contributed by atoms with van der Waals surface area (Å²) in [6, 6.07) is 1.33. The van der Waals surface area contributed by atoms with Gasteiger partial charge in [0.25, 0.3) is 0 Å². The number of benzene rings is 1. The van der Waals surface area contributed by atoms with E-state index in [2.05, 4.69) is 5.32 Å². The van der Waals surface area contributed by atoms with E-state index in [0.717, 1.165) is 37.8 Å². The highest BCUT2D eigenvalue weighted by Crippen LogP contribution is 2.20. The Balaban J connectivity index is 2.08. The Hall–Kier alpha value is -1.72. The van der Waals surface area contributed by atoms with E-state index in [4.69, 9.17) is 0 Å². The van der Waals surface area contributed by atoms with Crippen LogP contribution in [-0.4, -0.2) is 24.0 Å².